The first-order valence-electron chi connectivity index (χ1n) is 8.57. The number of nitrogens with one attached hydrogen (secondary N) is 1. The topological polar surface area (TPSA) is 68.3 Å². The third kappa shape index (κ3) is 6.44. The van der Waals surface area contributed by atoms with Gasteiger partial charge in [0.05, 0.1) is 0 Å². The van der Waals surface area contributed by atoms with Crippen LogP contribution >= 0.6 is 0 Å². The maximum absolute atomic E-state index is 12.4. The van der Waals surface area contributed by atoms with Crippen LogP contribution in [0.2, 0.25) is 0 Å². The lowest BCUT2D eigenvalue weighted by Gasteiger charge is -2.10. The molecule has 0 aliphatic rings. The molecule has 0 atom stereocenters. The Labute approximate surface area is 156 Å². The van der Waals surface area contributed by atoms with Crippen molar-refractivity contribution in [2.45, 2.75) is 40.3 Å². The summed E-state index contributed by atoms with van der Waals surface area (Å²) in [5, 5.41) is 2.73. The molecule has 0 saturated heterocycles. The Balaban J connectivity index is 2.05. The van der Waals surface area contributed by atoms with Crippen LogP contribution in [-0.4, -0.2) is 23.3 Å². The number of carbonyl (C=O) groups is 2. The van der Waals surface area contributed by atoms with Gasteiger partial charge >= 0.3 is 6.61 Å². The number of hydrogen-bond donors (Lipinski definition) is 1. The van der Waals surface area contributed by atoms with Gasteiger partial charge in [-0.15, -0.1) is 0 Å². The Morgan fingerprint density at radius 1 is 1.19 bits per heavy atom. The largest absolute Gasteiger partial charge is 0.435 e. The molecule has 1 aromatic heterocycles. The van der Waals surface area contributed by atoms with Gasteiger partial charge in [-0.25, -0.2) is 0 Å². The maximum atomic E-state index is 12.4. The van der Waals surface area contributed by atoms with E-state index in [1.807, 2.05) is 13.8 Å². The number of nitrogens with zero attached hydrogens (tertiary/aromatic N) is 1. The fourth-order valence-electron chi connectivity index (χ4n) is 2.46. The zero-order chi connectivity index (χ0) is 20.0. The van der Waals surface area contributed by atoms with Crippen LogP contribution in [0.5, 0.6) is 5.75 Å². The van der Waals surface area contributed by atoms with E-state index in [0.29, 0.717) is 22.5 Å². The number of carbonyl (C=O) groups excluding carboxylic acids is 2. The van der Waals surface area contributed by atoms with E-state index in [1.165, 1.54) is 12.1 Å². The van der Waals surface area contributed by atoms with Crippen molar-refractivity contribution >= 4 is 11.7 Å². The Morgan fingerprint density at radius 2 is 1.93 bits per heavy atom. The minimum Gasteiger partial charge on any atom is -0.435 e. The molecule has 0 unspecified atom stereocenters. The summed E-state index contributed by atoms with van der Waals surface area (Å²) >= 11 is 0. The van der Waals surface area contributed by atoms with E-state index in [0.717, 1.165) is 0 Å². The number of halogens is 2. The fourth-order valence-corrected chi connectivity index (χ4v) is 2.46. The molecule has 0 fully saturated rings. The molecule has 0 aliphatic heterocycles. The zero-order valence-corrected chi connectivity index (χ0v) is 15.5. The lowest BCUT2D eigenvalue weighted by Crippen LogP contribution is -2.23. The molecule has 0 saturated carbocycles. The number of alkyl halides is 2. The van der Waals surface area contributed by atoms with Crippen molar-refractivity contribution in [3.05, 3.63) is 58.9 Å². The molecular formula is C20H22F2N2O3. The molecule has 0 spiro atoms. The van der Waals surface area contributed by atoms with Gasteiger partial charge in [-0.2, -0.15) is 8.78 Å². The molecule has 144 valence electrons. The molecule has 1 N–H and O–H groups in total. The first-order chi connectivity index (χ1) is 12.7. The summed E-state index contributed by atoms with van der Waals surface area (Å²) < 4.78 is 28.9. The van der Waals surface area contributed by atoms with Gasteiger partial charge in [-0.05, 0) is 36.8 Å². The molecular weight excluding hydrogens is 354 g/mol. The Bertz CT molecular complexity index is 823. The predicted molar refractivity (Wildman–Crippen MR) is 96.8 cm³/mol. The summed E-state index contributed by atoms with van der Waals surface area (Å²) in [6.45, 7) is 2.64. The van der Waals surface area contributed by atoms with E-state index in [-0.39, 0.29) is 36.3 Å². The van der Waals surface area contributed by atoms with Crippen molar-refractivity contribution in [2.75, 3.05) is 0 Å². The number of benzene rings is 1. The van der Waals surface area contributed by atoms with E-state index >= 15 is 0 Å². The van der Waals surface area contributed by atoms with E-state index in [4.69, 9.17) is 0 Å². The average molecular weight is 376 g/mol. The normalized spacial score (nSPS) is 10.9. The van der Waals surface area contributed by atoms with Crippen molar-refractivity contribution in [2.24, 2.45) is 5.92 Å². The minimum atomic E-state index is -2.90. The number of ketones is 1. The molecule has 5 nitrogen and oxygen atoms in total. The number of pyridine rings is 1. The third-order valence-electron chi connectivity index (χ3n) is 3.84. The highest BCUT2D eigenvalue weighted by Gasteiger charge is 2.13. The fraction of sp³-hybridized carbons (Fsp3) is 0.350. The standard InChI is InChI=1S/C20H22F2N2O3/c1-12(2)18(25)10-16-9-15(7-13(3)24-16)19(26)23-11-14-5-4-6-17(8-14)27-20(21)22/h4-9,12,20H,10-11H2,1-3H3,(H,23,26). The molecule has 1 aromatic carbocycles. The van der Waals surface area contributed by atoms with E-state index in [1.54, 1.807) is 31.2 Å². The van der Waals surface area contributed by atoms with Crippen LogP contribution in [0.4, 0.5) is 8.78 Å². The van der Waals surface area contributed by atoms with Crippen LogP contribution in [0.3, 0.4) is 0 Å². The SMILES string of the molecule is Cc1cc(C(=O)NCc2cccc(OC(F)F)c2)cc(CC(=O)C(C)C)n1. The van der Waals surface area contributed by atoms with Gasteiger partial charge in [0.25, 0.3) is 5.91 Å². The van der Waals surface area contributed by atoms with Crippen LogP contribution in [0.15, 0.2) is 36.4 Å². The summed E-state index contributed by atoms with van der Waals surface area (Å²) in [5.41, 5.74) is 2.21. The van der Waals surface area contributed by atoms with Crippen molar-refractivity contribution < 1.29 is 23.1 Å². The van der Waals surface area contributed by atoms with Gasteiger partial charge in [0.1, 0.15) is 11.5 Å². The Kier molecular flexibility index (Phi) is 6.98. The lowest BCUT2D eigenvalue weighted by molar-refractivity contribution is -0.121. The van der Waals surface area contributed by atoms with Gasteiger partial charge in [-0.3, -0.25) is 14.6 Å². The minimum absolute atomic E-state index is 0.0333. The highest BCUT2D eigenvalue weighted by molar-refractivity contribution is 5.94. The number of amides is 1. The van der Waals surface area contributed by atoms with Crippen LogP contribution in [0.25, 0.3) is 0 Å². The smallest absolute Gasteiger partial charge is 0.387 e. The van der Waals surface area contributed by atoms with Crippen molar-refractivity contribution in [3.8, 4) is 5.75 Å². The second-order valence-corrected chi connectivity index (χ2v) is 6.49. The molecule has 0 radical (unpaired) electrons. The summed E-state index contributed by atoms with van der Waals surface area (Å²) in [5.74, 6) is -0.354. The molecule has 0 bridgehead atoms. The Hall–Kier alpha value is -2.83. The number of aryl methyl sites for hydroxylation is 1. The highest BCUT2D eigenvalue weighted by Crippen LogP contribution is 2.16. The second kappa shape index (κ2) is 9.21. The van der Waals surface area contributed by atoms with Gasteiger partial charge < -0.3 is 10.1 Å². The quantitative estimate of drug-likeness (QED) is 0.763. The summed E-state index contributed by atoms with van der Waals surface area (Å²) in [7, 11) is 0. The zero-order valence-electron chi connectivity index (χ0n) is 15.5. The maximum Gasteiger partial charge on any atom is 0.387 e. The molecule has 27 heavy (non-hydrogen) atoms. The average Bonchev–Trinajstić information content (AvgIpc) is 2.58. The lowest BCUT2D eigenvalue weighted by atomic mass is 10.0. The predicted octanol–water partition coefficient (Wildman–Crippen LogP) is 3.69. The first-order valence-corrected chi connectivity index (χ1v) is 8.57. The number of rotatable bonds is 8. The Morgan fingerprint density at radius 3 is 2.59 bits per heavy atom. The van der Waals surface area contributed by atoms with Crippen molar-refractivity contribution in [1.29, 1.82) is 0 Å². The molecule has 2 rings (SSSR count). The van der Waals surface area contributed by atoms with Gasteiger partial charge in [0.2, 0.25) is 0 Å². The number of ether oxygens (including phenoxy) is 1. The van der Waals surface area contributed by atoms with Crippen molar-refractivity contribution in [1.82, 2.24) is 10.3 Å². The highest BCUT2D eigenvalue weighted by atomic mass is 19.3. The van der Waals surface area contributed by atoms with Crippen LogP contribution in [0.1, 0.15) is 41.2 Å². The van der Waals surface area contributed by atoms with E-state index in [9.17, 15) is 18.4 Å². The van der Waals surface area contributed by atoms with Gasteiger partial charge in [0, 0.05) is 35.8 Å². The number of aromatic nitrogens is 1. The van der Waals surface area contributed by atoms with Crippen molar-refractivity contribution in [3.63, 3.8) is 0 Å². The van der Waals surface area contributed by atoms with Crippen LogP contribution in [0, 0.1) is 12.8 Å². The molecule has 1 heterocycles. The summed E-state index contributed by atoms with van der Waals surface area (Å²) in [6.07, 6.45) is 0.173. The van der Waals surface area contributed by atoms with Crippen LogP contribution < -0.4 is 10.1 Å². The van der Waals surface area contributed by atoms with Crippen LogP contribution in [-0.2, 0) is 17.8 Å². The first kappa shape index (κ1) is 20.5. The summed E-state index contributed by atoms with van der Waals surface area (Å²) in [4.78, 5) is 28.7. The molecule has 7 heteroatoms. The monoisotopic (exact) mass is 376 g/mol. The van der Waals surface area contributed by atoms with E-state index < -0.39 is 6.61 Å². The van der Waals surface area contributed by atoms with Gasteiger partial charge in [0.15, 0.2) is 0 Å². The number of Topliss-reactive ketones (excluding diaryl/α,β-unsaturated/α-hetero) is 1. The molecule has 2 aromatic rings. The number of hydrogen-bond acceptors (Lipinski definition) is 4. The summed E-state index contributed by atoms with van der Waals surface area (Å²) in [6, 6.07) is 9.36. The van der Waals surface area contributed by atoms with Gasteiger partial charge in [-0.1, -0.05) is 26.0 Å². The second-order valence-electron chi connectivity index (χ2n) is 6.49. The van der Waals surface area contributed by atoms with E-state index in [2.05, 4.69) is 15.0 Å². The third-order valence-corrected chi connectivity index (χ3v) is 3.84. The molecule has 0 aliphatic carbocycles. The molecule has 1 amide bonds.